The number of aliphatic hydroxyl groups is 1. The van der Waals surface area contributed by atoms with E-state index >= 15 is 0 Å². The minimum Gasteiger partial charge on any atom is -0.388 e. The first kappa shape index (κ1) is 24.7. The standard InChI is InChI=1S/C26H29Cl3N2O2/c1-13(2)24-18-10-15-7-8-17-19(25(29)31-26(15)33)11-20(27)21(28)12-22(32)23(17)14(3)16(18)6-4-5-9-30-24/h5,9,11,13-15,22,32H,4,6-8,10,12H2,1-3H3/b9-5-,18-16+,19-11+,21-20-,23-17+,30-24-,31-25+. The lowest BCUT2D eigenvalue weighted by Gasteiger charge is -2.31. The summed E-state index contributed by atoms with van der Waals surface area (Å²) in [6, 6.07) is 0. The second kappa shape index (κ2) is 10.0. The van der Waals surface area contributed by atoms with Crippen LogP contribution in [0.2, 0.25) is 0 Å². The van der Waals surface area contributed by atoms with Crippen LogP contribution < -0.4 is 0 Å². The maximum absolute atomic E-state index is 13.2. The van der Waals surface area contributed by atoms with Gasteiger partial charge in [0.15, 0.2) is 0 Å². The molecule has 0 saturated heterocycles. The first-order chi connectivity index (χ1) is 15.7. The van der Waals surface area contributed by atoms with Gasteiger partial charge >= 0.3 is 0 Å². The molecule has 4 rings (SSSR count). The van der Waals surface area contributed by atoms with E-state index in [4.69, 9.17) is 39.8 Å². The van der Waals surface area contributed by atoms with E-state index in [0.29, 0.717) is 34.9 Å². The Morgan fingerprint density at radius 1 is 1.12 bits per heavy atom. The third-order valence-corrected chi connectivity index (χ3v) is 8.12. The molecule has 2 heterocycles. The Bertz CT molecular complexity index is 1090. The van der Waals surface area contributed by atoms with Crippen molar-refractivity contribution in [3.63, 3.8) is 0 Å². The fourth-order valence-corrected chi connectivity index (χ4v) is 6.04. The van der Waals surface area contributed by atoms with Gasteiger partial charge in [0.2, 0.25) is 0 Å². The van der Waals surface area contributed by atoms with Gasteiger partial charge in [-0.15, -0.1) is 0 Å². The smallest absolute Gasteiger partial charge is 0.250 e. The second-order valence-corrected chi connectivity index (χ2v) is 10.7. The van der Waals surface area contributed by atoms with Crippen molar-refractivity contribution in [2.45, 2.75) is 65.4 Å². The minimum absolute atomic E-state index is 0.0680. The number of amides is 1. The molecular weight excluding hydrogens is 479 g/mol. The highest BCUT2D eigenvalue weighted by Gasteiger charge is 2.36. The predicted octanol–water partition coefficient (Wildman–Crippen LogP) is 6.98. The second-order valence-electron chi connectivity index (χ2n) is 9.46. The molecule has 2 aliphatic carbocycles. The fraction of sp³-hybridized carbons (Fsp3) is 0.500. The van der Waals surface area contributed by atoms with Gasteiger partial charge in [-0.1, -0.05) is 67.2 Å². The number of hydrogen-bond acceptors (Lipinski definition) is 3. The zero-order valence-corrected chi connectivity index (χ0v) is 21.4. The average molecular weight is 508 g/mol. The normalized spacial score (nSPS) is 41.3. The SMILES string of the molecule is CC(C)C1=N/C=C\CC/C2=C\1CC1CCC3=C(\C(O)C\C(Cl)=C(Cl)/C=C\3C(/Cl)=N\C1=O)C2C. The number of hydrogen-bond donors (Lipinski definition) is 1. The number of fused-ring (bicyclic) bond motifs is 2. The van der Waals surface area contributed by atoms with Gasteiger partial charge in [0, 0.05) is 40.8 Å². The largest absolute Gasteiger partial charge is 0.388 e. The van der Waals surface area contributed by atoms with E-state index < -0.39 is 6.10 Å². The van der Waals surface area contributed by atoms with Gasteiger partial charge in [-0.2, -0.15) is 0 Å². The molecule has 3 atom stereocenters. The summed E-state index contributed by atoms with van der Waals surface area (Å²) in [5, 5.41) is 12.2. The summed E-state index contributed by atoms with van der Waals surface area (Å²) in [4.78, 5) is 22.3. The number of carbonyl (C=O) groups excluding carboxylic acids is 1. The number of nitrogens with zero attached hydrogens (tertiary/aromatic N) is 2. The molecule has 1 N–H and O–H groups in total. The van der Waals surface area contributed by atoms with Gasteiger partial charge in [0.25, 0.3) is 5.91 Å². The number of allylic oxidation sites excluding steroid dienone is 7. The lowest BCUT2D eigenvalue weighted by atomic mass is 9.77. The van der Waals surface area contributed by atoms with E-state index in [1.165, 1.54) is 5.57 Å². The molecule has 4 aliphatic rings. The number of halogens is 3. The maximum Gasteiger partial charge on any atom is 0.250 e. The summed E-state index contributed by atoms with van der Waals surface area (Å²) in [6.07, 6.45) is 8.57. The molecule has 33 heavy (non-hydrogen) atoms. The third kappa shape index (κ3) is 4.86. The van der Waals surface area contributed by atoms with E-state index in [0.717, 1.165) is 35.3 Å². The van der Waals surface area contributed by atoms with E-state index in [1.54, 1.807) is 6.08 Å². The number of aliphatic hydroxyl groups excluding tert-OH is 1. The zero-order valence-electron chi connectivity index (χ0n) is 19.2. The average Bonchev–Trinajstić information content (AvgIpc) is 2.77. The Morgan fingerprint density at radius 2 is 1.88 bits per heavy atom. The van der Waals surface area contributed by atoms with Crippen molar-refractivity contribution in [2.24, 2.45) is 27.7 Å². The number of carbonyl (C=O) groups is 1. The van der Waals surface area contributed by atoms with E-state index in [-0.39, 0.29) is 35.3 Å². The Hall–Kier alpha value is -1.46. The van der Waals surface area contributed by atoms with Crippen molar-refractivity contribution in [1.29, 1.82) is 0 Å². The van der Waals surface area contributed by atoms with Crippen molar-refractivity contribution in [3.8, 4) is 0 Å². The van der Waals surface area contributed by atoms with Crippen LogP contribution in [0.25, 0.3) is 0 Å². The molecule has 0 aromatic heterocycles. The molecule has 0 spiro atoms. The van der Waals surface area contributed by atoms with E-state index in [1.807, 2.05) is 6.20 Å². The predicted molar refractivity (Wildman–Crippen MR) is 137 cm³/mol. The minimum atomic E-state index is -0.815. The van der Waals surface area contributed by atoms with Crippen molar-refractivity contribution in [1.82, 2.24) is 0 Å². The molecular formula is C26H29Cl3N2O2. The maximum atomic E-state index is 13.2. The summed E-state index contributed by atoms with van der Waals surface area (Å²) >= 11 is 19.5. The molecule has 0 aromatic carbocycles. The van der Waals surface area contributed by atoms with Crippen LogP contribution in [0.3, 0.4) is 0 Å². The van der Waals surface area contributed by atoms with Gasteiger partial charge in [-0.05, 0) is 60.8 Å². The molecule has 176 valence electrons. The van der Waals surface area contributed by atoms with Gasteiger partial charge in [-0.25, -0.2) is 4.99 Å². The van der Waals surface area contributed by atoms with Crippen LogP contribution >= 0.6 is 34.8 Å². The van der Waals surface area contributed by atoms with Crippen molar-refractivity contribution < 1.29 is 9.90 Å². The van der Waals surface area contributed by atoms with Crippen LogP contribution in [0.15, 0.2) is 66.3 Å². The molecule has 2 aliphatic heterocycles. The summed E-state index contributed by atoms with van der Waals surface area (Å²) in [5.41, 5.74) is 5.76. The van der Waals surface area contributed by atoms with Crippen LogP contribution in [0.5, 0.6) is 0 Å². The molecule has 2 bridgehead atoms. The van der Waals surface area contributed by atoms with Crippen LogP contribution in [0, 0.1) is 17.8 Å². The topological polar surface area (TPSA) is 62.0 Å². The quantitative estimate of drug-likeness (QED) is 0.416. The third-order valence-electron chi connectivity index (χ3n) is 7.04. The van der Waals surface area contributed by atoms with Gasteiger partial charge in [-0.3, -0.25) is 9.79 Å². The Balaban J connectivity index is 2.05. The van der Waals surface area contributed by atoms with E-state index in [2.05, 4.69) is 31.8 Å². The highest BCUT2D eigenvalue weighted by Crippen LogP contribution is 2.44. The molecule has 0 saturated carbocycles. The first-order valence-electron chi connectivity index (χ1n) is 11.6. The lowest BCUT2D eigenvalue weighted by Crippen LogP contribution is -2.25. The fourth-order valence-electron chi connectivity index (χ4n) is 5.40. The molecule has 3 unspecified atom stereocenters. The van der Waals surface area contributed by atoms with Crippen molar-refractivity contribution in [2.75, 3.05) is 0 Å². The number of rotatable bonds is 1. The van der Waals surface area contributed by atoms with Crippen LogP contribution in [-0.2, 0) is 4.79 Å². The summed E-state index contributed by atoms with van der Waals surface area (Å²) in [6.45, 7) is 6.40. The summed E-state index contributed by atoms with van der Waals surface area (Å²) in [5.74, 6) is -0.394. The summed E-state index contributed by atoms with van der Waals surface area (Å²) < 4.78 is 0. The summed E-state index contributed by atoms with van der Waals surface area (Å²) in [7, 11) is 0. The van der Waals surface area contributed by atoms with Gasteiger partial charge in [0.05, 0.1) is 11.1 Å². The molecule has 1 amide bonds. The molecule has 0 aromatic rings. The highest BCUT2D eigenvalue weighted by molar-refractivity contribution is 6.71. The Morgan fingerprint density at radius 3 is 2.61 bits per heavy atom. The monoisotopic (exact) mass is 506 g/mol. The van der Waals surface area contributed by atoms with Crippen molar-refractivity contribution >= 4 is 51.6 Å². The Kier molecular flexibility index (Phi) is 7.50. The van der Waals surface area contributed by atoms with Gasteiger partial charge in [0.1, 0.15) is 5.17 Å². The van der Waals surface area contributed by atoms with Crippen LogP contribution in [0.1, 0.15) is 59.3 Å². The first-order valence-corrected chi connectivity index (χ1v) is 12.7. The molecule has 0 radical (unpaired) electrons. The molecule has 7 heteroatoms. The Labute approximate surface area is 210 Å². The lowest BCUT2D eigenvalue weighted by molar-refractivity contribution is -0.121. The molecule has 4 nitrogen and oxygen atoms in total. The van der Waals surface area contributed by atoms with Crippen molar-refractivity contribution in [3.05, 3.63) is 56.3 Å². The van der Waals surface area contributed by atoms with Crippen LogP contribution in [-0.4, -0.2) is 28.0 Å². The zero-order chi connectivity index (χ0) is 23.9. The van der Waals surface area contributed by atoms with E-state index in [9.17, 15) is 9.90 Å². The molecule has 0 fully saturated rings. The van der Waals surface area contributed by atoms with Gasteiger partial charge < -0.3 is 5.11 Å². The van der Waals surface area contributed by atoms with Crippen LogP contribution in [0.4, 0.5) is 0 Å². The highest BCUT2D eigenvalue weighted by atomic mass is 35.5. The number of aliphatic imine (C=N–C) groups is 2.